The second kappa shape index (κ2) is 9.82. The molecular weight excluding hydrogens is 380 g/mol. The molecule has 0 saturated carbocycles. The van der Waals surface area contributed by atoms with E-state index in [1.165, 1.54) is 0 Å². The SMILES string of the molecule is Cc1ccc(S(=O)(=O)CCC(=O)NCC(C2CCOC2)N2CCOCC2)cc1. The van der Waals surface area contributed by atoms with E-state index < -0.39 is 9.84 Å². The van der Waals surface area contributed by atoms with Gasteiger partial charge in [0.1, 0.15) is 0 Å². The van der Waals surface area contributed by atoms with E-state index in [2.05, 4.69) is 10.2 Å². The van der Waals surface area contributed by atoms with Gasteiger partial charge in [-0.15, -0.1) is 0 Å². The molecule has 2 atom stereocenters. The predicted octanol–water partition coefficient (Wildman–Crippen LogP) is 1.01. The van der Waals surface area contributed by atoms with Crippen molar-refractivity contribution in [3.8, 4) is 0 Å². The maximum Gasteiger partial charge on any atom is 0.221 e. The minimum absolute atomic E-state index is 0.0345. The van der Waals surface area contributed by atoms with Gasteiger partial charge in [-0.3, -0.25) is 9.69 Å². The molecule has 2 unspecified atom stereocenters. The fourth-order valence-electron chi connectivity index (χ4n) is 3.76. The first-order chi connectivity index (χ1) is 13.5. The Morgan fingerprint density at radius 3 is 2.54 bits per heavy atom. The number of amides is 1. The molecule has 2 aliphatic heterocycles. The molecule has 2 fully saturated rings. The number of carbonyl (C=O) groups excluding carboxylic acids is 1. The normalized spacial score (nSPS) is 22.1. The lowest BCUT2D eigenvalue weighted by atomic mass is 9.97. The molecule has 7 nitrogen and oxygen atoms in total. The molecule has 28 heavy (non-hydrogen) atoms. The Morgan fingerprint density at radius 2 is 1.89 bits per heavy atom. The minimum atomic E-state index is -3.45. The number of rotatable bonds is 8. The molecule has 1 aromatic rings. The molecule has 0 spiro atoms. The minimum Gasteiger partial charge on any atom is -0.381 e. The Kier molecular flexibility index (Phi) is 7.45. The molecule has 0 radical (unpaired) electrons. The van der Waals surface area contributed by atoms with Crippen LogP contribution in [0.5, 0.6) is 0 Å². The zero-order valence-corrected chi connectivity index (χ0v) is 17.2. The Labute approximate surface area is 167 Å². The summed E-state index contributed by atoms with van der Waals surface area (Å²) in [5.74, 6) is -0.0287. The first-order valence-corrected chi connectivity index (χ1v) is 11.6. The lowest BCUT2D eigenvalue weighted by Crippen LogP contribution is -2.52. The van der Waals surface area contributed by atoms with Crippen LogP contribution >= 0.6 is 0 Å². The summed E-state index contributed by atoms with van der Waals surface area (Å²) in [6.45, 7) is 6.98. The number of carbonyl (C=O) groups is 1. The van der Waals surface area contributed by atoms with Crippen LogP contribution in [0.2, 0.25) is 0 Å². The van der Waals surface area contributed by atoms with Gasteiger partial charge in [0.25, 0.3) is 0 Å². The van der Waals surface area contributed by atoms with Gasteiger partial charge in [-0.2, -0.15) is 0 Å². The summed E-state index contributed by atoms with van der Waals surface area (Å²) in [6, 6.07) is 6.92. The Bertz CT molecular complexity index is 738. The summed E-state index contributed by atoms with van der Waals surface area (Å²) >= 11 is 0. The quantitative estimate of drug-likeness (QED) is 0.689. The van der Waals surface area contributed by atoms with Crippen molar-refractivity contribution in [1.82, 2.24) is 10.2 Å². The topological polar surface area (TPSA) is 84.9 Å². The highest BCUT2D eigenvalue weighted by Gasteiger charge is 2.31. The van der Waals surface area contributed by atoms with Gasteiger partial charge in [-0.05, 0) is 25.5 Å². The third-order valence-electron chi connectivity index (χ3n) is 5.51. The van der Waals surface area contributed by atoms with Gasteiger partial charge in [0.15, 0.2) is 9.84 Å². The first-order valence-electron chi connectivity index (χ1n) is 9.91. The number of hydrogen-bond acceptors (Lipinski definition) is 6. The summed E-state index contributed by atoms with van der Waals surface area (Å²) in [5, 5.41) is 2.95. The highest BCUT2D eigenvalue weighted by atomic mass is 32.2. The summed E-state index contributed by atoms with van der Waals surface area (Å²) in [5.41, 5.74) is 1.00. The largest absolute Gasteiger partial charge is 0.381 e. The highest BCUT2D eigenvalue weighted by molar-refractivity contribution is 7.91. The summed E-state index contributed by atoms with van der Waals surface area (Å²) in [7, 11) is -3.45. The molecule has 8 heteroatoms. The third-order valence-corrected chi connectivity index (χ3v) is 7.24. The lowest BCUT2D eigenvalue weighted by molar-refractivity contribution is -0.121. The predicted molar refractivity (Wildman–Crippen MR) is 106 cm³/mol. The maximum absolute atomic E-state index is 12.4. The Morgan fingerprint density at radius 1 is 1.18 bits per heavy atom. The van der Waals surface area contributed by atoms with Crippen molar-refractivity contribution in [3.05, 3.63) is 29.8 Å². The molecule has 2 saturated heterocycles. The number of nitrogens with zero attached hydrogens (tertiary/aromatic N) is 1. The number of aryl methyl sites for hydroxylation is 1. The van der Waals surface area contributed by atoms with Crippen LogP contribution in [0, 0.1) is 12.8 Å². The number of benzene rings is 1. The fourth-order valence-corrected chi connectivity index (χ4v) is 5.00. The number of hydrogen-bond donors (Lipinski definition) is 1. The van der Waals surface area contributed by atoms with Crippen molar-refractivity contribution >= 4 is 15.7 Å². The second-order valence-corrected chi connectivity index (χ2v) is 9.63. The Hall–Kier alpha value is -1.48. The fraction of sp³-hybridized carbons (Fsp3) is 0.650. The zero-order valence-electron chi connectivity index (χ0n) is 16.4. The van der Waals surface area contributed by atoms with Crippen LogP contribution in [0.1, 0.15) is 18.4 Å². The van der Waals surface area contributed by atoms with E-state index in [1.54, 1.807) is 24.3 Å². The molecule has 2 heterocycles. The van der Waals surface area contributed by atoms with E-state index in [0.717, 1.165) is 31.7 Å². The van der Waals surface area contributed by atoms with E-state index in [4.69, 9.17) is 9.47 Å². The van der Waals surface area contributed by atoms with Crippen molar-refractivity contribution in [2.75, 3.05) is 51.8 Å². The van der Waals surface area contributed by atoms with E-state index in [-0.39, 0.29) is 29.0 Å². The average Bonchev–Trinajstić information content (AvgIpc) is 3.22. The van der Waals surface area contributed by atoms with Crippen LogP contribution in [0.15, 0.2) is 29.2 Å². The molecule has 1 amide bonds. The third kappa shape index (κ3) is 5.76. The summed E-state index contributed by atoms with van der Waals surface area (Å²) in [6.07, 6.45) is 0.951. The molecule has 1 aromatic carbocycles. The van der Waals surface area contributed by atoms with Gasteiger partial charge in [-0.25, -0.2) is 8.42 Å². The highest BCUT2D eigenvalue weighted by Crippen LogP contribution is 2.22. The Balaban J connectivity index is 1.51. The van der Waals surface area contributed by atoms with Gasteiger partial charge >= 0.3 is 0 Å². The van der Waals surface area contributed by atoms with Crippen LogP contribution in [-0.2, 0) is 24.1 Å². The monoisotopic (exact) mass is 410 g/mol. The van der Waals surface area contributed by atoms with Crippen molar-refractivity contribution in [2.45, 2.75) is 30.7 Å². The van der Waals surface area contributed by atoms with Gasteiger partial charge in [-0.1, -0.05) is 17.7 Å². The second-order valence-electron chi connectivity index (χ2n) is 7.53. The molecule has 2 aliphatic rings. The standard InChI is InChI=1S/C20H30N2O5S/c1-16-2-4-18(5-3-16)28(24,25)13-7-20(23)21-14-19(17-6-10-27-15-17)22-8-11-26-12-9-22/h2-5,17,19H,6-15H2,1H3,(H,21,23). The van der Waals surface area contributed by atoms with Crippen LogP contribution < -0.4 is 5.32 Å². The molecule has 0 aromatic heterocycles. The number of nitrogens with one attached hydrogen (secondary N) is 1. The van der Waals surface area contributed by atoms with Gasteiger partial charge in [0, 0.05) is 44.6 Å². The van der Waals surface area contributed by atoms with Crippen LogP contribution in [0.3, 0.4) is 0 Å². The van der Waals surface area contributed by atoms with Crippen LogP contribution in [0.4, 0.5) is 0 Å². The van der Waals surface area contributed by atoms with Crippen molar-refractivity contribution < 1.29 is 22.7 Å². The molecule has 1 N–H and O–H groups in total. The molecule has 3 rings (SSSR count). The maximum atomic E-state index is 12.4. The first kappa shape index (κ1) is 21.2. The average molecular weight is 411 g/mol. The van der Waals surface area contributed by atoms with E-state index in [0.29, 0.717) is 32.3 Å². The smallest absolute Gasteiger partial charge is 0.221 e. The van der Waals surface area contributed by atoms with Crippen LogP contribution in [0.25, 0.3) is 0 Å². The number of ether oxygens (including phenoxy) is 2. The van der Waals surface area contributed by atoms with Crippen molar-refractivity contribution in [3.63, 3.8) is 0 Å². The lowest BCUT2D eigenvalue weighted by Gasteiger charge is -2.37. The zero-order chi connectivity index (χ0) is 20.0. The van der Waals surface area contributed by atoms with E-state index >= 15 is 0 Å². The summed E-state index contributed by atoms with van der Waals surface area (Å²) in [4.78, 5) is 14.9. The summed E-state index contributed by atoms with van der Waals surface area (Å²) < 4.78 is 35.8. The van der Waals surface area contributed by atoms with E-state index in [1.807, 2.05) is 6.92 Å². The molecule has 0 bridgehead atoms. The van der Waals surface area contributed by atoms with Crippen molar-refractivity contribution in [1.29, 1.82) is 0 Å². The number of morpholine rings is 1. The number of sulfone groups is 1. The van der Waals surface area contributed by atoms with Gasteiger partial charge in [0.05, 0.1) is 30.5 Å². The van der Waals surface area contributed by atoms with Crippen molar-refractivity contribution in [2.24, 2.45) is 5.92 Å². The van der Waals surface area contributed by atoms with Crippen LogP contribution in [-0.4, -0.2) is 77.1 Å². The van der Waals surface area contributed by atoms with E-state index in [9.17, 15) is 13.2 Å². The molecule has 156 valence electrons. The van der Waals surface area contributed by atoms with Gasteiger partial charge < -0.3 is 14.8 Å². The molecule has 0 aliphatic carbocycles. The molecular formula is C20H30N2O5S. The van der Waals surface area contributed by atoms with Gasteiger partial charge in [0.2, 0.25) is 5.91 Å².